The van der Waals surface area contributed by atoms with Crippen LogP contribution in [0, 0.1) is 6.92 Å². The summed E-state index contributed by atoms with van der Waals surface area (Å²) < 4.78 is 1.92. The maximum absolute atomic E-state index is 9.56. The van der Waals surface area contributed by atoms with Crippen LogP contribution in [0.2, 0.25) is 0 Å². The quantitative estimate of drug-likeness (QED) is 0.552. The first kappa shape index (κ1) is 11.1. The number of fused-ring (bicyclic) bond motifs is 3. The van der Waals surface area contributed by atoms with Crippen molar-refractivity contribution >= 4 is 16.6 Å². The molecule has 4 nitrogen and oxygen atoms in total. The number of aromatic amines is 1. The summed E-state index contributed by atoms with van der Waals surface area (Å²) in [6.45, 7) is 2.07. The number of phenolic OH excluding ortho intramolecular Hbond substituents is 1. The van der Waals surface area contributed by atoms with Gasteiger partial charge in [-0.3, -0.25) is 5.10 Å². The van der Waals surface area contributed by atoms with Crippen LogP contribution < -0.4 is 0 Å². The number of rotatable bonds is 1. The van der Waals surface area contributed by atoms with E-state index in [0.717, 1.165) is 27.8 Å². The molecule has 0 radical (unpaired) electrons. The van der Waals surface area contributed by atoms with Gasteiger partial charge >= 0.3 is 0 Å². The SMILES string of the molecule is Cc1ccc2c(c1)[nH]n1cc(-c3cccc(O)c3)nc21. The molecule has 0 aliphatic heterocycles. The molecule has 0 atom stereocenters. The molecule has 20 heavy (non-hydrogen) atoms. The highest BCUT2D eigenvalue weighted by atomic mass is 16.3. The lowest BCUT2D eigenvalue weighted by molar-refractivity contribution is 0.475. The second-order valence-electron chi connectivity index (χ2n) is 5.03. The topological polar surface area (TPSA) is 53.3 Å². The van der Waals surface area contributed by atoms with Crippen LogP contribution in [0.15, 0.2) is 48.7 Å². The molecule has 0 fully saturated rings. The summed E-state index contributed by atoms with van der Waals surface area (Å²) in [6.07, 6.45) is 1.94. The van der Waals surface area contributed by atoms with E-state index in [9.17, 15) is 5.11 Å². The summed E-state index contributed by atoms with van der Waals surface area (Å²) in [4.78, 5) is 4.66. The lowest BCUT2D eigenvalue weighted by Crippen LogP contribution is -1.79. The van der Waals surface area contributed by atoms with Crippen molar-refractivity contribution in [1.29, 1.82) is 0 Å². The smallest absolute Gasteiger partial charge is 0.161 e. The fourth-order valence-corrected chi connectivity index (χ4v) is 2.54. The van der Waals surface area contributed by atoms with E-state index in [1.807, 2.05) is 22.8 Å². The highest BCUT2D eigenvalue weighted by Crippen LogP contribution is 2.26. The average Bonchev–Trinajstić information content (AvgIpc) is 2.95. The minimum absolute atomic E-state index is 0.250. The maximum atomic E-state index is 9.56. The fraction of sp³-hybridized carbons (Fsp3) is 0.0625. The summed E-state index contributed by atoms with van der Waals surface area (Å²) in [5.74, 6) is 0.250. The molecule has 0 spiro atoms. The van der Waals surface area contributed by atoms with E-state index >= 15 is 0 Å². The molecular formula is C16H13N3O. The molecule has 4 rings (SSSR count). The van der Waals surface area contributed by atoms with Crippen molar-refractivity contribution in [3.63, 3.8) is 0 Å². The number of phenols is 1. The Kier molecular flexibility index (Phi) is 2.15. The summed E-state index contributed by atoms with van der Waals surface area (Å²) in [5, 5.41) is 14.0. The molecular weight excluding hydrogens is 250 g/mol. The molecule has 2 heterocycles. The van der Waals surface area contributed by atoms with Crippen LogP contribution in [-0.4, -0.2) is 19.7 Å². The molecule has 0 aliphatic carbocycles. The zero-order chi connectivity index (χ0) is 13.7. The van der Waals surface area contributed by atoms with Gasteiger partial charge in [0.25, 0.3) is 0 Å². The number of hydrogen-bond donors (Lipinski definition) is 2. The number of nitrogens with zero attached hydrogens (tertiary/aromatic N) is 2. The van der Waals surface area contributed by atoms with Crippen molar-refractivity contribution in [2.45, 2.75) is 6.92 Å². The van der Waals surface area contributed by atoms with Crippen LogP contribution in [0.3, 0.4) is 0 Å². The van der Waals surface area contributed by atoms with Gasteiger partial charge in [-0.05, 0) is 36.8 Å². The molecule has 2 aromatic heterocycles. The highest BCUT2D eigenvalue weighted by Gasteiger charge is 2.10. The van der Waals surface area contributed by atoms with Crippen molar-refractivity contribution in [2.75, 3.05) is 0 Å². The van der Waals surface area contributed by atoms with Crippen molar-refractivity contribution in [3.8, 4) is 17.0 Å². The van der Waals surface area contributed by atoms with Gasteiger partial charge in [0.1, 0.15) is 5.75 Å². The van der Waals surface area contributed by atoms with Crippen LogP contribution in [0.5, 0.6) is 5.75 Å². The summed E-state index contributed by atoms with van der Waals surface area (Å²) in [6, 6.07) is 13.4. The zero-order valence-electron chi connectivity index (χ0n) is 11.0. The number of H-pyrrole nitrogens is 1. The third-order valence-corrected chi connectivity index (χ3v) is 3.50. The van der Waals surface area contributed by atoms with E-state index in [1.165, 1.54) is 5.56 Å². The maximum Gasteiger partial charge on any atom is 0.161 e. The Balaban J connectivity index is 1.95. The molecule has 2 aromatic carbocycles. The zero-order valence-corrected chi connectivity index (χ0v) is 11.0. The summed E-state index contributed by atoms with van der Waals surface area (Å²) in [7, 11) is 0. The van der Waals surface area contributed by atoms with Crippen LogP contribution >= 0.6 is 0 Å². The van der Waals surface area contributed by atoms with Crippen LogP contribution in [0.1, 0.15) is 5.56 Å². The molecule has 0 unspecified atom stereocenters. The first-order valence-corrected chi connectivity index (χ1v) is 6.47. The molecule has 0 aliphatic rings. The van der Waals surface area contributed by atoms with Gasteiger partial charge in [-0.15, -0.1) is 0 Å². The predicted octanol–water partition coefficient (Wildman–Crippen LogP) is 3.50. The Morgan fingerprint density at radius 2 is 2.05 bits per heavy atom. The number of hydrogen-bond acceptors (Lipinski definition) is 2. The number of aryl methyl sites for hydroxylation is 1. The lowest BCUT2D eigenvalue weighted by Gasteiger charge is -1.97. The van der Waals surface area contributed by atoms with Crippen LogP contribution in [-0.2, 0) is 0 Å². The van der Waals surface area contributed by atoms with Crippen LogP contribution in [0.4, 0.5) is 0 Å². The largest absolute Gasteiger partial charge is 0.508 e. The first-order chi connectivity index (χ1) is 9.70. The molecule has 4 heteroatoms. The van der Waals surface area contributed by atoms with E-state index in [4.69, 9.17) is 0 Å². The van der Waals surface area contributed by atoms with E-state index in [1.54, 1.807) is 12.1 Å². The van der Waals surface area contributed by atoms with E-state index in [0.29, 0.717) is 0 Å². The normalized spacial score (nSPS) is 11.4. The average molecular weight is 263 g/mol. The van der Waals surface area contributed by atoms with Gasteiger partial charge in [0.15, 0.2) is 5.65 Å². The van der Waals surface area contributed by atoms with Gasteiger partial charge in [-0.25, -0.2) is 9.50 Å². The Hall–Kier alpha value is -2.75. The van der Waals surface area contributed by atoms with Gasteiger partial charge in [-0.2, -0.15) is 0 Å². The number of imidazole rings is 1. The Morgan fingerprint density at radius 1 is 1.15 bits per heavy atom. The molecule has 2 N–H and O–H groups in total. The third-order valence-electron chi connectivity index (χ3n) is 3.50. The minimum atomic E-state index is 0.250. The van der Waals surface area contributed by atoms with Crippen molar-refractivity contribution in [3.05, 3.63) is 54.2 Å². The molecule has 0 saturated heterocycles. The van der Waals surface area contributed by atoms with E-state index < -0.39 is 0 Å². The molecule has 98 valence electrons. The third kappa shape index (κ3) is 1.58. The summed E-state index contributed by atoms with van der Waals surface area (Å²) in [5.41, 5.74) is 4.94. The van der Waals surface area contributed by atoms with Gasteiger partial charge in [0, 0.05) is 10.9 Å². The molecule has 0 amide bonds. The number of aromatic hydroxyl groups is 1. The predicted molar refractivity (Wildman–Crippen MR) is 78.9 cm³/mol. The van der Waals surface area contributed by atoms with Crippen molar-refractivity contribution in [1.82, 2.24) is 14.6 Å². The number of aromatic nitrogens is 3. The fourth-order valence-electron chi connectivity index (χ4n) is 2.54. The second kappa shape index (κ2) is 3.87. The van der Waals surface area contributed by atoms with Crippen molar-refractivity contribution < 1.29 is 5.11 Å². The summed E-state index contributed by atoms with van der Waals surface area (Å²) >= 11 is 0. The van der Waals surface area contributed by atoms with Crippen molar-refractivity contribution in [2.24, 2.45) is 0 Å². The molecule has 0 saturated carbocycles. The second-order valence-corrected chi connectivity index (χ2v) is 5.03. The van der Waals surface area contributed by atoms with E-state index in [-0.39, 0.29) is 5.75 Å². The molecule has 0 bridgehead atoms. The highest BCUT2D eigenvalue weighted by molar-refractivity contribution is 5.93. The van der Waals surface area contributed by atoms with Gasteiger partial charge < -0.3 is 5.11 Å². The monoisotopic (exact) mass is 263 g/mol. The Morgan fingerprint density at radius 3 is 2.90 bits per heavy atom. The van der Waals surface area contributed by atoms with Gasteiger partial charge in [-0.1, -0.05) is 18.2 Å². The van der Waals surface area contributed by atoms with E-state index in [2.05, 4.69) is 35.2 Å². The number of nitrogens with one attached hydrogen (secondary N) is 1. The first-order valence-electron chi connectivity index (χ1n) is 6.47. The van der Waals surface area contributed by atoms with Gasteiger partial charge in [0.2, 0.25) is 0 Å². The number of benzene rings is 2. The lowest BCUT2D eigenvalue weighted by atomic mass is 10.1. The van der Waals surface area contributed by atoms with Crippen LogP contribution in [0.25, 0.3) is 27.8 Å². The standard InChI is InChI=1S/C16H13N3O/c1-10-5-6-13-14(7-10)18-19-9-15(17-16(13)19)11-3-2-4-12(20)8-11/h2-9,18,20H,1H3. The Bertz CT molecular complexity index is 933. The molecule has 4 aromatic rings. The minimum Gasteiger partial charge on any atom is -0.508 e. The Labute approximate surface area is 115 Å². The van der Waals surface area contributed by atoms with Gasteiger partial charge in [0.05, 0.1) is 17.4 Å².